The fourth-order valence-corrected chi connectivity index (χ4v) is 1.59. The molecule has 20 heavy (non-hydrogen) atoms. The molecule has 0 N–H and O–H groups in total. The van der Waals surface area contributed by atoms with Crippen LogP contribution in [0.5, 0.6) is 0 Å². The first-order valence-electron chi connectivity index (χ1n) is 4.60. The summed E-state index contributed by atoms with van der Waals surface area (Å²) in [7, 11) is 0. The van der Waals surface area contributed by atoms with Crippen molar-refractivity contribution in [3.63, 3.8) is 0 Å². The number of imidazole rings is 1. The van der Waals surface area contributed by atoms with Gasteiger partial charge >= 0.3 is 103 Å². The molecule has 0 amide bonds. The summed E-state index contributed by atoms with van der Waals surface area (Å²) in [4.78, 5) is 12.3. The SMILES string of the molecule is N#Cc1cc(Br)ccc1-n1ccnc1.O=C([O-])[O-].[K+].[K+]. The molecule has 1 aromatic heterocycles. The smallest absolute Gasteiger partial charge is 0.652 e. The van der Waals surface area contributed by atoms with E-state index in [2.05, 4.69) is 27.0 Å². The number of carbonyl (C=O) groups is 1. The van der Waals surface area contributed by atoms with E-state index >= 15 is 0 Å². The zero-order valence-corrected chi connectivity index (χ0v) is 18.7. The molecule has 0 saturated heterocycles. The van der Waals surface area contributed by atoms with Crippen molar-refractivity contribution in [1.82, 2.24) is 9.55 Å². The first-order chi connectivity index (χ1) is 8.54. The van der Waals surface area contributed by atoms with Crippen LogP contribution in [-0.4, -0.2) is 15.7 Å². The van der Waals surface area contributed by atoms with Gasteiger partial charge in [-0.2, -0.15) is 5.26 Å². The van der Waals surface area contributed by atoms with Crippen molar-refractivity contribution in [3.8, 4) is 11.8 Å². The van der Waals surface area contributed by atoms with Crippen LogP contribution in [-0.2, 0) is 0 Å². The molecule has 6 nitrogen and oxygen atoms in total. The Morgan fingerprint density at radius 3 is 2.40 bits per heavy atom. The summed E-state index contributed by atoms with van der Waals surface area (Å²) in [6, 6.07) is 7.71. The normalized spacial score (nSPS) is 8.00. The summed E-state index contributed by atoms with van der Waals surface area (Å²) >= 11 is 3.32. The first-order valence-corrected chi connectivity index (χ1v) is 5.40. The number of nitrogens with zero attached hydrogens (tertiary/aromatic N) is 3. The molecule has 0 unspecified atom stereocenters. The number of rotatable bonds is 1. The zero-order chi connectivity index (χ0) is 13.5. The van der Waals surface area contributed by atoms with Gasteiger partial charge in [-0.25, -0.2) is 4.98 Å². The molecule has 1 aromatic carbocycles. The molecule has 2 rings (SSSR count). The Kier molecular flexibility index (Phi) is 14.5. The average Bonchev–Trinajstić information content (AvgIpc) is 2.81. The van der Waals surface area contributed by atoms with E-state index in [1.807, 2.05) is 22.9 Å². The summed E-state index contributed by atoms with van der Waals surface area (Å²) in [5, 5.41) is 25.6. The molecular formula is C11H6BrK2N3O3. The van der Waals surface area contributed by atoms with Crippen molar-refractivity contribution in [1.29, 1.82) is 5.26 Å². The van der Waals surface area contributed by atoms with Crippen LogP contribution in [0, 0.1) is 11.3 Å². The second-order valence-electron chi connectivity index (χ2n) is 2.99. The number of carboxylic acid groups (broad SMARTS) is 2. The topological polar surface area (TPSA) is 105 Å². The van der Waals surface area contributed by atoms with E-state index in [1.54, 1.807) is 18.6 Å². The third-order valence-electron chi connectivity index (χ3n) is 1.86. The summed E-state index contributed by atoms with van der Waals surface area (Å²) in [6.45, 7) is 0. The van der Waals surface area contributed by atoms with Gasteiger partial charge in [0.15, 0.2) is 0 Å². The molecule has 0 aliphatic rings. The predicted molar refractivity (Wildman–Crippen MR) is 61.4 cm³/mol. The molecule has 0 radical (unpaired) electrons. The molecule has 0 spiro atoms. The van der Waals surface area contributed by atoms with Crippen molar-refractivity contribution in [2.24, 2.45) is 0 Å². The van der Waals surface area contributed by atoms with Crippen molar-refractivity contribution < 1.29 is 118 Å². The number of aromatic nitrogens is 2. The van der Waals surface area contributed by atoms with E-state index in [0.717, 1.165) is 10.2 Å². The predicted octanol–water partition coefficient (Wildman–Crippen LogP) is -5.93. The second kappa shape index (κ2) is 12.5. The van der Waals surface area contributed by atoms with Gasteiger partial charge in [0.05, 0.1) is 17.6 Å². The second-order valence-corrected chi connectivity index (χ2v) is 3.91. The fraction of sp³-hybridized carbons (Fsp3) is 0. The Morgan fingerprint density at radius 2 is 1.95 bits per heavy atom. The summed E-state index contributed by atoms with van der Waals surface area (Å²) in [5.41, 5.74) is 1.46. The molecule has 0 atom stereocenters. The molecule has 0 fully saturated rings. The van der Waals surface area contributed by atoms with Gasteiger partial charge in [-0.3, -0.25) is 0 Å². The van der Waals surface area contributed by atoms with Crippen LogP contribution in [0.25, 0.3) is 5.69 Å². The van der Waals surface area contributed by atoms with Crippen LogP contribution >= 0.6 is 15.9 Å². The molecule has 0 aliphatic carbocycles. The van der Waals surface area contributed by atoms with E-state index in [9.17, 15) is 0 Å². The van der Waals surface area contributed by atoms with Crippen molar-refractivity contribution in [2.45, 2.75) is 0 Å². The summed E-state index contributed by atoms with van der Waals surface area (Å²) in [5.74, 6) is 0. The van der Waals surface area contributed by atoms with Gasteiger partial charge in [-0.05, 0) is 24.4 Å². The van der Waals surface area contributed by atoms with E-state index in [1.165, 1.54) is 0 Å². The maximum atomic E-state index is 8.94. The number of hydrogen-bond acceptors (Lipinski definition) is 5. The van der Waals surface area contributed by atoms with Gasteiger partial charge in [0, 0.05) is 16.9 Å². The van der Waals surface area contributed by atoms with Gasteiger partial charge in [-0.15, -0.1) is 0 Å². The molecule has 9 heteroatoms. The van der Waals surface area contributed by atoms with Crippen LogP contribution in [0.2, 0.25) is 0 Å². The van der Waals surface area contributed by atoms with Gasteiger partial charge in [0.25, 0.3) is 0 Å². The molecular weight excluding hydrogens is 380 g/mol. The average molecular weight is 386 g/mol. The third-order valence-corrected chi connectivity index (χ3v) is 2.35. The van der Waals surface area contributed by atoms with Crippen LogP contribution < -0.4 is 113 Å². The summed E-state index contributed by atoms with van der Waals surface area (Å²) in [6.07, 6.45) is 2.83. The summed E-state index contributed by atoms with van der Waals surface area (Å²) < 4.78 is 2.71. The number of benzene rings is 1. The maximum Gasteiger partial charge on any atom is 1.00 e. The Hall–Kier alpha value is 0.943. The molecule has 0 aliphatic heterocycles. The Bertz CT molecular complexity index is 581. The first kappa shape index (κ1) is 23.2. The zero-order valence-electron chi connectivity index (χ0n) is 10.9. The largest absolute Gasteiger partial charge is 1.00 e. The minimum absolute atomic E-state index is 0. The van der Waals surface area contributed by atoms with Crippen molar-refractivity contribution in [2.75, 3.05) is 0 Å². The van der Waals surface area contributed by atoms with E-state index < -0.39 is 6.16 Å². The van der Waals surface area contributed by atoms with Gasteiger partial charge in [-0.1, -0.05) is 15.9 Å². The standard InChI is InChI=1S/C10H6BrN3.CH2O3.2K/c11-9-1-2-10(8(5-9)6-12)14-4-3-13-7-14;2-1(3)4;;/h1-5,7H;(H2,2,3,4);;/q;;2*+1/p-2. The number of carbonyl (C=O) groups excluding carboxylic acids is 1. The molecule has 0 bridgehead atoms. The Labute approximate surface area is 209 Å². The molecule has 1 heterocycles. The van der Waals surface area contributed by atoms with Crippen molar-refractivity contribution in [3.05, 3.63) is 47.0 Å². The molecule has 0 saturated carbocycles. The minimum atomic E-state index is -2.33. The fourth-order valence-electron chi connectivity index (χ4n) is 1.22. The van der Waals surface area contributed by atoms with E-state index in [4.69, 9.17) is 20.3 Å². The molecule has 92 valence electrons. The van der Waals surface area contributed by atoms with Crippen LogP contribution in [0.15, 0.2) is 41.4 Å². The quantitative estimate of drug-likeness (QED) is 0.454. The van der Waals surface area contributed by atoms with Gasteiger partial charge in [0.2, 0.25) is 0 Å². The minimum Gasteiger partial charge on any atom is -0.652 e. The maximum absolute atomic E-state index is 8.94. The van der Waals surface area contributed by atoms with Crippen molar-refractivity contribution >= 4 is 22.1 Å². The van der Waals surface area contributed by atoms with Crippen LogP contribution in [0.3, 0.4) is 0 Å². The van der Waals surface area contributed by atoms with E-state index in [0.29, 0.717) is 5.56 Å². The number of hydrogen-bond donors (Lipinski definition) is 0. The number of nitriles is 1. The Balaban J connectivity index is 0. The Morgan fingerprint density at radius 1 is 1.35 bits per heavy atom. The van der Waals surface area contributed by atoms with Crippen LogP contribution in [0.1, 0.15) is 5.56 Å². The van der Waals surface area contributed by atoms with Gasteiger partial charge in [0.1, 0.15) is 6.07 Å². The number of halogens is 1. The van der Waals surface area contributed by atoms with Crippen LogP contribution in [0.4, 0.5) is 4.79 Å². The molecule has 2 aromatic rings. The third kappa shape index (κ3) is 8.40. The van der Waals surface area contributed by atoms with Gasteiger partial charge < -0.3 is 19.6 Å². The monoisotopic (exact) mass is 385 g/mol. The van der Waals surface area contributed by atoms with E-state index in [-0.39, 0.29) is 103 Å².